The quantitative estimate of drug-likeness (QED) is 0.384. The first-order valence-electron chi connectivity index (χ1n) is 8.84. The van der Waals surface area contributed by atoms with E-state index < -0.39 is 35.3 Å². The number of aromatic amines is 1. The molecule has 2 heterocycles. The number of H-pyrrole nitrogens is 1. The third-order valence-electron chi connectivity index (χ3n) is 4.36. The Morgan fingerprint density at radius 3 is 2.71 bits per heavy atom. The number of halogens is 3. The van der Waals surface area contributed by atoms with E-state index in [4.69, 9.17) is 5.11 Å². The van der Waals surface area contributed by atoms with Gasteiger partial charge in [0.25, 0.3) is 0 Å². The van der Waals surface area contributed by atoms with Crippen molar-refractivity contribution in [2.45, 2.75) is 30.5 Å². The lowest BCUT2D eigenvalue weighted by atomic mass is 10.2. The number of alkyl halides is 3. The summed E-state index contributed by atoms with van der Waals surface area (Å²) >= 11 is 0. The number of rotatable bonds is 8. The van der Waals surface area contributed by atoms with Crippen LogP contribution in [0.25, 0.3) is 17.0 Å². The summed E-state index contributed by atoms with van der Waals surface area (Å²) in [5.74, 6) is -2.09. The van der Waals surface area contributed by atoms with Gasteiger partial charge in [0.15, 0.2) is 5.52 Å². The van der Waals surface area contributed by atoms with Gasteiger partial charge in [-0.25, -0.2) is 9.55 Å². The average molecular weight is 471 g/mol. The molecule has 3 aromatic rings. The lowest BCUT2D eigenvalue weighted by Gasteiger charge is -2.13. The number of pyridine rings is 1. The first-order chi connectivity index (χ1) is 14.6. The van der Waals surface area contributed by atoms with E-state index in [9.17, 15) is 27.9 Å². The molecule has 0 aliphatic carbocycles. The fourth-order valence-electron chi connectivity index (χ4n) is 2.80. The van der Waals surface area contributed by atoms with Gasteiger partial charge < -0.3 is 15.0 Å². The Labute approximate surface area is 182 Å². The van der Waals surface area contributed by atoms with Crippen molar-refractivity contribution in [3.05, 3.63) is 53.3 Å². The maximum absolute atomic E-state index is 13.0. The summed E-state index contributed by atoms with van der Waals surface area (Å²) in [4.78, 5) is 29.2. The van der Waals surface area contributed by atoms with Crippen LogP contribution in [0.4, 0.5) is 13.2 Å². The van der Waals surface area contributed by atoms with Crippen LogP contribution in [-0.4, -0.2) is 32.3 Å². The molecule has 0 fully saturated rings. The highest BCUT2D eigenvalue weighted by Gasteiger charge is 2.31. The zero-order valence-corrected chi connectivity index (χ0v) is 17.6. The number of aliphatic carboxylic acids is 2. The fourth-order valence-corrected chi connectivity index (χ4v) is 5.28. The topological polar surface area (TPSA) is 110 Å². The van der Waals surface area contributed by atoms with Crippen molar-refractivity contribution < 1.29 is 37.5 Å². The average Bonchev–Trinajstić information content (AvgIpc) is 3.10. The molecule has 31 heavy (non-hydrogen) atoms. The van der Waals surface area contributed by atoms with Gasteiger partial charge in [-0.05, 0) is 36.8 Å². The number of carbonyl (C=O) groups excluding carboxylic acids is 1. The number of benzene rings is 1. The minimum Gasteiger partial charge on any atom is -0.550 e. The molecule has 164 valence electrons. The van der Waals surface area contributed by atoms with Crippen LogP contribution >= 0.6 is 21.6 Å². The van der Waals surface area contributed by atoms with E-state index in [-0.39, 0.29) is 5.52 Å². The second kappa shape index (κ2) is 9.18. The van der Waals surface area contributed by atoms with Crippen molar-refractivity contribution in [3.63, 3.8) is 0 Å². The van der Waals surface area contributed by atoms with Crippen LogP contribution in [0.2, 0.25) is 0 Å². The number of carbonyl (C=O) groups is 2. The number of nitrogens with zero attached hydrogens (tertiary/aromatic N) is 2. The molecular formula is C19H16F3N3O4S2. The Morgan fingerprint density at radius 1 is 1.32 bits per heavy atom. The third kappa shape index (κ3) is 5.50. The summed E-state index contributed by atoms with van der Waals surface area (Å²) in [6.45, 7) is 1.83. The summed E-state index contributed by atoms with van der Waals surface area (Å²) in [6.07, 6.45) is -3.40. The molecule has 0 amide bonds. The van der Waals surface area contributed by atoms with Crippen LogP contribution in [-0.2, 0) is 21.5 Å². The summed E-state index contributed by atoms with van der Waals surface area (Å²) in [5, 5.41) is 18.7. The number of hydrogen-bond donors (Lipinski definition) is 2. The zero-order valence-electron chi connectivity index (χ0n) is 16.0. The van der Waals surface area contributed by atoms with Gasteiger partial charge in [-0.3, -0.25) is 4.79 Å². The van der Waals surface area contributed by atoms with E-state index in [1.54, 1.807) is 16.8 Å². The molecule has 1 aromatic carbocycles. The summed E-state index contributed by atoms with van der Waals surface area (Å²) < 4.78 is 40.6. The highest BCUT2D eigenvalue weighted by atomic mass is 33.1. The summed E-state index contributed by atoms with van der Waals surface area (Å²) in [5.41, 5.74) is 1.38. The number of aryl methyl sites for hydroxylation is 1. The predicted molar refractivity (Wildman–Crippen MR) is 107 cm³/mol. The van der Waals surface area contributed by atoms with Gasteiger partial charge in [0.05, 0.1) is 23.2 Å². The molecule has 12 heteroatoms. The predicted octanol–water partition coefficient (Wildman–Crippen LogP) is 2.64. The molecule has 1 unspecified atom stereocenters. The van der Waals surface area contributed by atoms with Crippen molar-refractivity contribution in [1.82, 2.24) is 9.97 Å². The Hall–Kier alpha value is -2.73. The minimum absolute atomic E-state index is 0.228. The van der Waals surface area contributed by atoms with E-state index in [1.807, 2.05) is 13.0 Å². The number of nitrogens with one attached hydrogen (secondary N) is 1. The van der Waals surface area contributed by atoms with Crippen molar-refractivity contribution in [3.8, 4) is 5.95 Å². The first kappa shape index (κ1) is 22.9. The van der Waals surface area contributed by atoms with Crippen LogP contribution in [0.15, 0.2) is 36.5 Å². The Morgan fingerprint density at radius 2 is 2.06 bits per heavy atom. The Bertz CT molecular complexity index is 1130. The molecule has 0 radical (unpaired) electrons. The summed E-state index contributed by atoms with van der Waals surface area (Å²) in [6, 6.07) is 6.82. The number of fused-ring (bicyclic) bond motifs is 1. The highest BCUT2D eigenvalue weighted by molar-refractivity contribution is 8.76. The molecule has 1 atom stereocenters. The van der Waals surface area contributed by atoms with Gasteiger partial charge in [0.1, 0.15) is 10.8 Å². The standard InChI is InChI=1S/C19H16F3N3O4S2/c1-10-3-2-6-25(14(10)9-30-31-15(17(28)29)8-16(26)27)18-23-12-5-4-11(19(20,21)22)7-13(12)24-18/h2-7,15H,8-9H2,1H3,(H2-,23,24,26,27,28,29). The lowest BCUT2D eigenvalue weighted by Crippen LogP contribution is -2.37. The van der Waals surface area contributed by atoms with Crippen LogP contribution in [0.1, 0.15) is 23.2 Å². The van der Waals surface area contributed by atoms with E-state index in [0.29, 0.717) is 17.2 Å². The molecule has 0 saturated heterocycles. The van der Waals surface area contributed by atoms with E-state index in [1.165, 1.54) is 6.07 Å². The highest BCUT2D eigenvalue weighted by Crippen LogP contribution is 2.33. The van der Waals surface area contributed by atoms with E-state index >= 15 is 0 Å². The molecule has 0 aliphatic heterocycles. The van der Waals surface area contributed by atoms with Gasteiger partial charge in [-0.1, -0.05) is 32.6 Å². The molecule has 2 N–H and O–H groups in total. The minimum atomic E-state index is -4.47. The Kier molecular flexibility index (Phi) is 6.80. The van der Waals surface area contributed by atoms with Crippen LogP contribution < -0.4 is 9.67 Å². The second-order valence-corrected chi connectivity index (χ2v) is 9.13. The number of carboxylic acid groups (broad SMARTS) is 2. The number of carboxylic acids is 2. The second-order valence-electron chi connectivity index (χ2n) is 6.56. The maximum atomic E-state index is 13.0. The van der Waals surface area contributed by atoms with Crippen LogP contribution in [0.3, 0.4) is 0 Å². The van der Waals surface area contributed by atoms with Crippen molar-refractivity contribution in [2.75, 3.05) is 0 Å². The normalized spacial score (nSPS) is 12.8. The summed E-state index contributed by atoms with van der Waals surface area (Å²) in [7, 11) is 2.06. The largest absolute Gasteiger partial charge is 0.550 e. The maximum Gasteiger partial charge on any atom is 0.416 e. The van der Waals surface area contributed by atoms with E-state index in [0.717, 1.165) is 45.0 Å². The van der Waals surface area contributed by atoms with Crippen molar-refractivity contribution in [1.29, 1.82) is 0 Å². The molecule has 3 rings (SSSR count). The number of imidazole rings is 1. The Balaban J connectivity index is 1.87. The van der Waals surface area contributed by atoms with Crippen LogP contribution in [0, 0.1) is 6.92 Å². The molecular weight excluding hydrogens is 455 g/mol. The molecule has 0 saturated carbocycles. The number of hydrogen-bond acceptors (Lipinski definition) is 6. The molecule has 0 bridgehead atoms. The molecule has 0 spiro atoms. The molecule has 2 aromatic heterocycles. The fraction of sp³-hybridized carbons (Fsp3) is 0.263. The SMILES string of the molecule is Cc1ccc[n+](-c2nc3ccc(C(F)(F)F)cc3[nH]2)c1CSSC(CC(=O)[O-])C(=O)O. The van der Waals surface area contributed by atoms with Crippen LogP contribution in [0.5, 0.6) is 0 Å². The van der Waals surface area contributed by atoms with Crippen molar-refractivity contribution in [2.24, 2.45) is 0 Å². The number of aromatic nitrogens is 3. The zero-order chi connectivity index (χ0) is 22.8. The molecule has 0 aliphatic rings. The first-order valence-corrected chi connectivity index (χ1v) is 11.2. The smallest absolute Gasteiger partial charge is 0.416 e. The van der Waals surface area contributed by atoms with Gasteiger partial charge >= 0.3 is 18.1 Å². The van der Waals surface area contributed by atoms with Crippen molar-refractivity contribution >= 4 is 44.6 Å². The monoisotopic (exact) mass is 471 g/mol. The van der Waals surface area contributed by atoms with Gasteiger partial charge in [0.2, 0.25) is 0 Å². The molecule has 7 nitrogen and oxygen atoms in total. The lowest BCUT2D eigenvalue weighted by molar-refractivity contribution is -0.610. The van der Waals surface area contributed by atoms with Gasteiger partial charge in [-0.2, -0.15) is 13.2 Å². The van der Waals surface area contributed by atoms with E-state index in [2.05, 4.69) is 9.97 Å². The van der Waals surface area contributed by atoms with Gasteiger partial charge in [0, 0.05) is 12.4 Å². The third-order valence-corrected chi connectivity index (χ3v) is 6.95. The van der Waals surface area contributed by atoms with Gasteiger partial charge in [-0.15, -0.1) is 0 Å².